The standard InChI is InChI=1S/C18H22ClNO/c1-4-14(20)11-16-17(19)6-5-7-18(16)21-15-9-8-12(2)13(3)10-15/h5-10,14H,4,11,20H2,1-3H3. The highest BCUT2D eigenvalue weighted by Gasteiger charge is 2.12. The van der Waals surface area contributed by atoms with E-state index in [9.17, 15) is 0 Å². The highest BCUT2D eigenvalue weighted by Crippen LogP contribution is 2.32. The number of aryl methyl sites for hydroxylation is 2. The highest BCUT2D eigenvalue weighted by molar-refractivity contribution is 6.31. The molecule has 3 heteroatoms. The first-order chi connectivity index (χ1) is 10.0. The van der Waals surface area contributed by atoms with Crippen LogP contribution in [0.4, 0.5) is 0 Å². The molecule has 2 nitrogen and oxygen atoms in total. The van der Waals surface area contributed by atoms with Gasteiger partial charge in [0.15, 0.2) is 0 Å². The minimum Gasteiger partial charge on any atom is -0.457 e. The van der Waals surface area contributed by atoms with Crippen LogP contribution in [-0.2, 0) is 6.42 Å². The van der Waals surface area contributed by atoms with Gasteiger partial charge in [-0.3, -0.25) is 0 Å². The smallest absolute Gasteiger partial charge is 0.132 e. The predicted molar refractivity (Wildman–Crippen MR) is 89.4 cm³/mol. The fraction of sp³-hybridized carbons (Fsp3) is 0.333. The molecule has 0 saturated carbocycles. The van der Waals surface area contributed by atoms with Crippen molar-refractivity contribution in [2.75, 3.05) is 0 Å². The van der Waals surface area contributed by atoms with E-state index >= 15 is 0 Å². The monoisotopic (exact) mass is 303 g/mol. The first-order valence-electron chi connectivity index (χ1n) is 7.29. The number of rotatable bonds is 5. The molecule has 0 aliphatic rings. The van der Waals surface area contributed by atoms with Gasteiger partial charge in [0.25, 0.3) is 0 Å². The Balaban J connectivity index is 2.30. The Morgan fingerprint density at radius 2 is 1.90 bits per heavy atom. The Morgan fingerprint density at radius 3 is 2.57 bits per heavy atom. The summed E-state index contributed by atoms with van der Waals surface area (Å²) in [4.78, 5) is 0. The molecule has 0 heterocycles. The van der Waals surface area contributed by atoms with Gasteiger partial charge in [-0.2, -0.15) is 0 Å². The molecule has 0 fully saturated rings. The van der Waals surface area contributed by atoms with E-state index in [0.29, 0.717) is 5.02 Å². The second-order valence-electron chi connectivity index (χ2n) is 5.44. The Bertz CT molecular complexity index is 625. The second kappa shape index (κ2) is 6.97. The molecule has 112 valence electrons. The van der Waals surface area contributed by atoms with E-state index in [-0.39, 0.29) is 6.04 Å². The van der Waals surface area contributed by atoms with E-state index in [1.807, 2.05) is 30.3 Å². The van der Waals surface area contributed by atoms with Gasteiger partial charge in [-0.1, -0.05) is 30.7 Å². The molecule has 2 aromatic carbocycles. The third-order valence-electron chi connectivity index (χ3n) is 3.77. The van der Waals surface area contributed by atoms with E-state index in [0.717, 1.165) is 29.9 Å². The molecule has 2 N–H and O–H groups in total. The molecular formula is C18H22ClNO. The molecule has 2 aromatic rings. The maximum atomic E-state index is 6.32. The van der Waals surface area contributed by atoms with E-state index in [1.54, 1.807) is 0 Å². The number of halogens is 1. The molecule has 0 aliphatic heterocycles. The third kappa shape index (κ3) is 3.99. The van der Waals surface area contributed by atoms with Crippen LogP contribution in [0.3, 0.4) is 0 Å². The first kappa shape index (κ1) is 15.9. The molecule has 0 radical (unpaired) electrons. The molecule has 1 unspecified atom stereocenters. The average molecular weight is 304 g/mol. The van der Waals surface area contributed by atoms with Gasteiger partial charge in [0, 0.05) is 16.6 Å². The SMILES string of the molecule is CCC(N)Cc1c(Cl)cccc1Oc1ccc(C)c(C)c1. The normalized spacial score (nSPS) is 12.2. The summed E-state index contributed by atoms with van der Waals surface area (Å²) in [5, 5.41) is 0.709. The quantitative estimate of drug-likeness (QED) is 0.841. The summed E-state index contributed by atoms with van der Waals surface area (Å²) in [5.74, 6) is 1.61. The minimum absolute atomic E-state index is 0.0898. The summed E-state index contributed by atoms with van der Waals surface area (Å²) >= 11 is 6.32. The van der Waals surface area contributed by atoms with Crippen LogP contribution < -0.4 is 10.5 Å². The lowest BCUT2D eigenvalue weighted by Crippen LogP contribution is -2.21. The summed E-state index contributed by atoms with van der Waals surface area (Å²) in [7, 11) is 0. The topological polar surface area (TPSA) is 35.2 Å². The maximum absolute atomic E-state index is 6.32. The number of hydrogen-bond acceptors (Lipinski definition) is 2. The van der Waals surface area contributed by atoms with Crippen molar-refractivity contribution < 1.29 is 4.74 Å². The van der Waals surface area contributed by atoms with Crippen LogP contribution in [-0.4, -0.2) is 6.04 Å². The predicted octanol–water partition coefficient (Wildman–Crippen LogP) is 5.03. The van der Waals surface area contributed by atoms with Crippen LogP contribution in [0.2, 0.25) is 5.02 Å². The van der Waals surface area contributed by atoms with Crippen LogP contribution in [0.15, 0.2) is 36.4 Å². The lowest BCUT2D eigenvalue weighted by atomic mass is 10.0. The van der Waals surface area contributed by atoms with Crippen molar-refractivity contribution in [3.8, 4) is 11.5 Å². The Hall–Kier alpha value is -1.51. The van der Waals surface area contributed by atoms with Crippen molar-refractivity contribution >= 4 is 11.6 Å². The van der Waals surface area contributed by atoms with Gasteiger partial charge in [0.1, 0.15) is 11.5 Å². The number of nitrogens with two attached hydrogens (primary N) is 1. The zero-order valence-corrected chi connectivity index (χ0v) is 13.6. The van der Waals surface area contributed by atoms with Gasteiger partial charge in [-0.15, -0.1) is 0 Å². The third-order valence-corrected chi connectivity index (χ3v) is 4.13. The zero-order chi connectivity index (χ0) is 15.4. The number of hydrogen-bond donors (Lipinski definition) is 1. The molecule has 1 atom stereocenters. The Kier molecular flexibility index (Phi) is 5.27. The summed E-state index contributed by atoms with van der Waals surface area (Å²) in [6.45, 7) is 6.24. The summed E-state index contributed by atoms with van der Waals surface area (Å²) in [6, 6.07) is 11.9. The van der Waals surface area contributed by atoms with E-state index < -0.39 is 0 Å². The maximum Gasteiger partial charge on any atom is 0.132 e. The van der Waals surface area contributed by atoms with Crippen molar-refractivity contribution in [3.63, 3.8) is 0 Å². The van der Waals surface area contributed by atoms with E-state index in [2.05, 4.69) is 26.8 Å². The van der Waals surface area contributed by atoms with Crippen LogP contribution >= 0.6 is 11.6 Å². The van der Waals surface area contributed by atoms with Crippen LogP contribution in [0.5, 0.6) is 11.5 Å². The van der Waals surface area contributed by atoms with Gasteiger partial charge in [0.05, 0.1) is 0 Å². The summed E-state index contributed by atoms with van der Waals surface area (Å²) < 4.78 is 6.03. The largest absolute Gasteiger partial charge is 0.457 e. The van der Waals surface area contributed by atoms with Gasteiger partial charge < -0.3 is 10.5 Å². The second-order valence-corrected chi connectivity index (χ2v) is 5.84. The van der Waals surface area contributed by atoms with Crippen LogP contribution in [0.1, 0.15) is 30.0 Å². The fourth-order valence-electron chi connectivity index (χ4n) is 2.14. The van der Waals surface area contributed by atoms with E-state index in [4.69, 9.17) is 22.1 Å². The molecule has 0 spiro atoms. The molecular weight excluding hydrogens is 282 g/mol. The van der Waals surface area contributed by atoms with Gasteiger partial charge in [-0.25, -0.2) is 0 Å². The van der Waals surface area contributed by atoms with Crippen LogP contribution in [0.25, 0.3) is 0 Å². The van der Waals surface area contributed by atoms with Crippen molar-refractivity contribution in [2.45, 2.75) is 39.7 Å². The van der Waals surface area contributed by atoms with Crippen molar-refractivity contribution in [2.24, 2.45) is 5.73 Å². The van der Waals surface area contributed by atoms with Crippen molar-refractivity contribution in [1.29, 1.82) is 0 Å². The molecule has 0 amide bonds. The molecule has 0 aromatic heterocycles. The van der Waals surface area contributed by atoms with Crippen molar-refractivity contribution in [1.82, 2.24) is 0 Å². The first-order valence-corrected chi connectivity index (χ1v) is 7.67. The number of ether oxygens (including phenoxy) is 1. The van der Waals surface area contributed by atoms with Crippen LogP contribution in [0, 0.1) is 13.8 Å². The zero-order valence-electron chi connectivity index (χ0n) is 12.8. The van der Waals surface area contributed by atoms with E-state index in [1.165, 1.54) is 11.1 Å². The number of benzene rings is 2. The highest BCUT2D eigenvalue weighted by atomic mass is 35.5. The molecule has 0 saturated heterocycles. The summed E-state index contributed by atoms with van der Waals surface area (Å²) in [5.41, 5.74) is 9.51. The molecule has 0 aliphatic carbocycles. The fourth-order valence-corrected chi connectivity index (χ4v) is 2.39. The molecule has 2 rings (SSSR count). The van der Waals surface area contributed by atoms with Gasteiger partial charge in [-0.05, 0) is 62.1 Å². The van der Waals surface area contributed by atoms with Gasteiger partial charge >= 0.3 is 0 Å². The van der Waals surface area contributed by atoms with Crippen molar-refractivity contribution in [3.05, 3.63) is 58.1 Å². The molecule has 21 heavy (non-hydrogen) atoms. The Morgan fingerprint density at radius 1 is 1.14 bits per heavy atom. The average Bonchev–Trinajstić information content (AvgIpc) is 2.46. The van der Waals surface area contributed by atoms with Gasteiger partial charge in [0.2, 0.25) is 0 Å². The Labute approximate surface area is 131 Å². The summed E-state index contributed by atoms with van der Waals surface area (Å²) in [6.07, 6.45) is 1.63. The lowest BCUT2D eigenvalue weighted by Gasteiger charge is -2.16. The molecule has 0 bridgehead atoms. The minimum atomic E-state index is 0.0898. The lowest BCUT2D eigenvalue weighted by molar-refractivity contribution is 0.471.